The quantitative estimate of drug-likeness (QED) is 0.171. The van der Waals surface area contributed by atoms with Gasteiger partial charge in [-0.1, -0.05) is 44.5 Å². The molecule has 0 saturated carbocycles. The number of anilines is 2. The first kappa shape index (κ1) is 31.0. The van der Waals surface area contributed by atoms with Gasteiger partial charge in [0.25, 0.3) is 0 Å². The number of likely N-dealkylation sites (tertiary alicyclic amines) is 1. The van der Waals surface area contributed by atoms with Crippen molar-refractivity contribution in [1.82, 2.24) is 19.9 Å². The van der Waals surface area contributed by atoms with E-state index in [9.17, 15) is 18.3 Å². The van der Waals surface area contributed by atoms with E-state index >= 15 is 0 Å². The number of aromatic nitrogens is 3. The number of carbonyl (C=O) groups is 1. The van der Waals surface area contributed by atoms with Crippen molar-refractivity contribution in [3.63, 3.8) is 0 Å². The number of amides is 1. The number of pyridine rings is 1. The fourth-order valence-corrected chi connectivity index (χ4v) is 6.56. The maximum Gasteiger partial charge on any atom is 0.407 e. The molecule has 5 rings (SSSR count). The first-order valence-corrected chi connectivity index (χ1v) is 16.5. The number of nitrogens with one attached hydrogen (secondary N) is 2. The van der Waals surface area contributed by atoms with Gasteiger partial charge in [0.05, 0.1) is 22.7 Å². The van der Waals surface area contributed by atoms with Gasteiger partial charge in [0.2, 0.25) is 21.9 Å². The monoisotopic (exact) mass is 618 g/mol. The van der Waals surface area contributed by atoms with Crippen molar-refractivity contribution in [3.8, 4) is 22.9 Å². The van der Waals surface area contributed by atoms with Gasteiger partial charge in [-0.3, -0.25) is 4.72 Å². The maximum atomic E-state index is 12.9. The average Bonchev–Trinajstić information content (AvgIpc) is 3.01. The minimum absolute atomic E-state index is 0.0548. The summed E-state index contributed by atoms with van der Waals surface area (Å²) in [4.78, 5) is 26.4. The molecule has 2 atom stereocenters. The van der Waals surface area contributed by atoms with E-state index < -0.39 is 16.1 Å². The third-order valence-corrected chi connectivity index (χ3v) is 9.28. The van der Waals surface area contributed by atoms with Gasteiger partial charge in [-0.15, -0.1) is 0 Å². The number of fused-ring (bicyclic) bond motifs is 1. The SMILES string of the molecule is CCC(C)CCS(=O)(=O)Nc1cccc2c(Oc3ncccc3-c3ccnc(N[C@H]4CCCN(C(=O)O)C4)n3)c(C)ccc12. The summed E-state index contributed by atoms with van der Waals surface area (Å²) in [6.07, 6.45) is 5.44. The number of ether oxygens (including phenoxy) is 1. The molecule has 44 heavy (non-hydrogen) atoms. The number of sulfonamides is 1. The summed E-state index contributed by atoms with van der Waals surface area (Å²) < 4.78 is 35.1. The van der Waals surface area contributed by atoms with Crippen molar-refractivity contribution >= 4 is 38.5 Å². The molecule has 3 heterocycles. The summed E-state index contributed by atoms with van der Waals surface area (Å²) in [5.74, 6) is 1.67. The van der Waals surface area contributed by atoms with Crippen LogP contribution in [0.4, 0.5) is 16.4 Å². The van der Waals surface area contributed by atoms with Crippen molar-refractivity contribution in [2.45, 2.75) is 52.5 Å². The Morgan fingerprint density at radius 1 is 1.11 bits per heavy atom. The zero-order valence-corrected chi connectivity index (χ0v) is 26.0. The molecule has 1 fully saturated rings. The van der Waals surface area contributed by atoms with Crippen LogP contribution >= 0.6 is 0 Å². The van der Waals surface area contributed by atoms with Crippen LogP contribution in [0.1, 0.15) is 45.1 Å². The highest BCUT2D eigenvalue weighted by Crippen LogP contribution is 2.39. The van der Waals surface area contributed by atoms with Crippen molar-refractivity contribution in [3.05, 3.63) is 66.5 Å². The number of carboxylic acid groups (broad SMARTS) is 1. The van der Waals surface area contributed by atoms with Crippen molar-refractivity contribution in [1.29, 1.82) is 0 Å². The Balaban J connectivity index is 1.42. The van der Waals surface area contributed by atoms with Crippen LogP contribution in [0.15, 0.2) is 60.9 Å². The number of rotatable bonds is 11. The zero-order chi connectivity index (χ0) is 31.3. The topological polar surface area (TPSA) is 147 Å². The van der Waals surface area contributed by atoms with Gasteiger partial charge in [0, 0.05) is 42.3 Å². The standard InChI is InChI=1S/C32H38N6O5S/c1-4-21(2)15-19-44(41,42)37-28-11-5-9-25-24(28)13-12-22(3)29(25)43-30-26(10-6-16-33-30)27-14-17-34-31(36-27)35-23-8-7-18-38(20-23)32(39)40/h5-6,9-14,16-17,21,23,37H,4,7-8,15,18-20H2,1-3H3,(H,39,40)(H,34,35,36)/t21?,23-/m0/s1. The molecule has 0 bridgehead atoms. The summed E-state index contributed by atoms with van der Waals surface area (Å²) in [5, 5.41) is 14.1. The van der Waals surface area contributed by atoms with Gasteiger partial charge in [0.15, 0.2) is 0 Å². The minimum Gasteiger partial charge on any atom is -0.465 e. The summed E-state index contributed by atoms with van der Waals surface area (Å²) >= 11 is 0. The van der Waals surface area contributed by atoms with Crippen LogP contribution in [0.25, 0.3) is 22.0 Å². The molecule has 12 heteroatoms. The van der Waals surface area contributed by atoms with Crippen LogP contribution < -0.4 is 14.8 Å². The normalized spacial score (nSPS) is 16.0. The van der Waals surface area contributed by atoms with Crippen LogP contribution in [0.2, 0.25) is 0 Å². The lowest BCUT2D eigenvalue weighted by Gasteiger charge is -2.31. The first-order valence-electron chi connectivity index (χ1n) is 14.9. The summed E-state index contributed by atoms with van der Waals surface area (Å²) in [5.41, 5.74) is 2.58. The molecular formula is C32H38N6O5S. The molecule has 0 spiro atoms. The van der Waals surface area contributed by atoms with E-state index in [-0.39, 0.29) is 11.8 Å². The lowest BCUT2D eigenvalue weighted by molar-refractivity contribution is 0.132. The molecule has 1 aliphatic rings. The van der Waals surface area contributed by atoms with Crippen molar-refractivity contribution < 1.29 is 23.1 Å². The molecule has 0 aliphatic carbocycles. The van der Waals surface area contributed by atoms with Crippen LogP contribution in [-0.4, -0.2) is 64.4 Å². The molecular weight excluding hydrogens is 580 g/mol. The molecule has 4 aromatic rings. The molecule has 0 radical (unpaired) electrons. The minimum atomic E-state index is -3.53. The van der Waals surface area contributed by atoms with E-state index in [0.717, 1.165) is 30.2 Å². The second-order valence-corrected chi connectivity index (χ2v) is 13.1. The van der Waals surface area contributed by atoms with E-state index in [4.69, 9.17) is 9.72 Å². The molecule has 11 nitrogen and oxygen atoms in total. The first-order chi connectivity index (χ1) is 21.1. The van der Waals surface area contributed by atoms with Crippen molar-refractivity contribution in [2.24, 2.45) is 5.92 Å². The maximum absolute atomic E-state index is 12.9. The highest BCUT2D eigenvalue weighted by atomic mass is 32.2. The second kappa shape index (κ2) is 13.5. The van der Waals surface area contributed by atoms with Gasteiger partial charge < -0.3 is 20.1 Å². The van der Waals surface area contributed by atoms with E-state index in [2.05, 4.69) is 33.9 Å². The Morgan fingerprint density at radius 3 is 2.75 bits per heavy atom. The van der Waals surface area contributed by atoms with Crippen LogP contribution in [0, 0.1) is 12.8 Å². The molecule has 3 N–H and O–H groups in total. The zero-order valence-electron chi connectivity index (χ0n) is 25.2. The van der Waals surface area contributed by atoms with E-state index in [1.165, 1.54) is 4.90 Å². The van der Waals surface area contributed by atoms with Crippen LogP contribution in [0.5, 0.6) is 11.6 Å². The lowest BCUT2D eigenvalue weighted by Crippen LogP contribution is -2.44. The van der Waals surface area contributed by atoms with Gasteiger partial charge in [0.1, 0.15) is 5.75 Å². The number of aryl methyl sites for hydroxylation is 1. The number of hydrogen-bond donors (Lipinski definition) is 3. The van der Waals surface area contributed by atoms with Gasteiger partial charge in [-0.25, -0.2) is 28.2 Å². The smallest absolute Gasteiger partial charge is 0.407 e. The molecule has 1 amide bonds. The largest absolute Gasteiger partial charge is 0.465 e. The Bertz CT molecular complexity index is 1750. The van der Waals surface area contributed by atoms with Gasteiger partial charge in [-0.2, -0.15) is 0 Å². The number of hydrogen-bond acceptors (Lipinski definition) is 8. The number of benzene rings is 2. The number of piperidine rings is 1. The van der Waals surface area contributed by atoms with Crippen molar-refractivity contribution in [2.75, 3.05) is 28.9 Å². The predicted molar refractivity (Wildman–Crippen MR) is 172 cm³/mol. The summed E-state index contributed by atoms with van der Waals surface area (Å²) in [7, 11) is -3.53. The Kier molecular flexibility index (Phi) is 9.48. The van der Waals surface area contributed by atoms with Gasteiger partial charge >= 0.3 is 6.09 Å². The van der Waals surface area contributed by atoms with E-state index in [1.54, 1.807) is 36.7 Å². The molecule has 1 aliphatic heterocycles. The second-order valence-electron chi connectivity index (χ2n) is 11.3. The number of nitrogens with zero attached hydrogens (tertiary/aromatic N) is 4. The van der Waals surface area contributed by atoms with E-state index in [0.29, 0.717) is 65.3 Å². The fraction of sp³-hybridized carbons (Fsp3) is 0.375. The van der Waals surface area contributed by atoms with E-state index in [1.807, 2.05) is 31.2 Å². The Labute approximate surface area is 257 Å². The molecule has 232 valence electrons. The fourth-order valence-electron chi connectivity index (χ4n) is 5.24. The molecule has 2 aromatic heterocycles. The Hall–Kier alpha value is -4.45. The summed E-state index contributed by atoms with van der Waals surface area (Å²) in [6.45, 7) is 6.92. The summed E-state index contributed by atoms with van der Waals surface area (Å²) in [6, 6.07) is 14.6. The van der Waals surface area contributed by atoms with Crippen LogP contribution in [0.3, 0.4) is 0 Å². The molecule has 1 saturated heterocycles. The highest BCUT2D eigenvalue weighted by molar-refractivity contribution is 7.92. The third kappa shape index (κ3) is 7.36. The predicted octanol–water partition coefficient (Wildman–Crippen LogP) is 6.52. The molecule has 2 aromatic carbocycles. The Morgan fingerprint density at radius 2 is 1.95 bits per heavy atom. The molecule has 1 unspecified atom stereocenters. The lowest BCUT2D eigenvalue weighted by atomic mass is 10.0. The highest BCUT2D eigenvalue weighted by Gasteiger charge is 2.24. The van der Waals surface area contributed by atoms with Gasteiger partial charge in [-0.05, 0) is 61.9 Å². The third-order valence-electron chi connectivity index (χ3n) is 7.98. The van der Waals surface area contributed by atoms with Crippen LogP contribution in [-0.2, 0) is 10.0 Å². The average molecular weight is 619 g/mol.